The van der Waals surface area contributed by atoms with Crippen LogP contribution in [-0.2, 0) is 4.79 Å². The van der Waals surface area contributed by atoms with Gasteiger partial charge in [0.15, 0.2) is 0 Å². The van der Waals surface area contributed by atoms with E-state index in [4.69, 9.17) is 4.74 Å². The molecule has 5 nitrogen and oxygen atoms in total. The number of ether oxygens (including phenoxy) is 1. The first-order valence-corrected chi connectivity index (χ1v) is 8.32. The van der Waals surface area contributed by atoms with Crippen molar-refractivity contribution >= 4 is 23.0 Å². The largest absolute Gasteiger partial charge is 0.493 e. The molecule has 1 unspecified atom stereocenters. The number of fused-ring (bicyclic) bond motifs is 1. The van der Waals surface area contributed by atoms with E-state index < -0.39 is 0 Å². The van der Waals surface area contributed by atoms with Gasteiger partial charge in [-0.3, -0.25) is 4.79 Å². The lowest BCUT2D eigenvalue weighted by Gasteiger charge is -2.09. The van der Waals surface area contributed by atoms with Crippen LogP contribution in [0, 0.1) is 0 Å². The number of rotatable bonds is 6. The average molecular weight is 335 g/mol. The van der Waals surface area contributed by atoms with Gasteiger partial charge in [0.2, 0.25) is 5.91 Å². The van der Waals surface area contributed by atoms with Gasteiger partial charge in [0.1, 0.15) is 11.6 Å². The summed E-state index contributed by atoms with van der Waals surface area (Å²) in [6, 6.07) is 15.2. The fourth-order valence-corrected chi connectivity index (χ4v) is 2.58. The molecule has 0 aliphatic heterocycles. The van der Waals surface area contributed by atoms with E-state index in [0.717, 1.165) is 28.2 Å². The van der Waals surface area contributed by atoms with Gasteiger partial charge in [-0.25, -0.2) is 4.98 Å². The van der Waals surface area contributed by atoms with E-state index in [1.807, 2.05) is 62.4 Å². The fraction of sp³-hybridized carbons (Fsp3) is 0.200. The zero-order valence-electron chi connectivity index (χ0n) is 14.3. The van der Waals surface area contributed by atoms with Crippen LogP contribution in [0.2, 0.25) is 0 Å². The van der Waals surface area contributed by atoms with Crippen molar-refractivity contribution in [3.8, 4) is 5.75 Å². The summed E-state index contributed by atoms with van der Waals surface area (Å²) in [5.41, 5.74) is 2.72. The average Bonchev–Trinajstić information content (AvgIpc) is 3.05. The number of hydrogen-bond acceptors (Lipinski definition) is 3. The first-order valence-electron chi connectivity index (χ1n) is 8.32. The van der Waals surface area contributed by atoms with Crippen LogP contribution in [0.5, 0.6) is 5.75 Å². The van der Waals surface area contributed by atoms with Crippen LogP contribution in [0.1, 0.15) is 31.3 Å². The maximum atomic E-state index is 12.2. The monoisotopic (exact) mass is 335 g/mol. The molecule has 0 saturated carbocycles. The number of benzene rings is 2. The standard InChI is InChI=1S/C20H21N3O2/c1-3-25-18-11-7-4-8-15(18)12-13-19(24)21-14(2)20-22-16-9-5-6-10-17(16)23-20/h4-14H,3H2,1-2H3,(H,21,24)(H,22,23)/b13-12+. The van der Waals surface area contributed by atoms with E-state index in [1.165, 1.54) is 6.08 Å². The van der Waals surface area contributed by atoms with Crippen molar-refractivity contribution in [3.63, 3.8) is 0 Å². The molecule has 2 aromatic carbocycles. The summed E-state index contributed by atoms with van der Waals surface area (Å²) in [6.07, 6.45) is 3.27. The highest BCUT2D eigenvalue weighted by atomic mass is 16.5. The molecule has 0 fully saturated rings. The number of carbonyl (C=O) groups is 1. The van der Waals surface area contributed by atoms with Crippen LogP contribution in [0.25, 0.3) is 17.1 Å². The second kappa shape index (κ2) is 7.66. The van der Waals surface area contributed by atoms with Gasteiger partial charge in [0.05, 0.1) is 23.7 Å². The third kappa shape index (κ3) is 4.07. The Hall–Kier alpha value is -3.08. The third-order valence-electron chi connectivity index (χ3n) is 3.81. The van der Waals surface area contributed by atoms with Gasteiger partial charge < -0.3 is 15.0 Å². The number of hydrogen-bond donors (Lipinski definition) is 2. The topological polar surface area (TPSA) is 67.0 Å². The molecule has 3 rings (SSSR count). The van der Waals surface area contributed by atoms with E-state index in [1.54, 1.807) is 6.08 Å². The molecule has 0 aliphatic rings. The number of H-pyrrole nitrogens is 1. The Morgan fingerprint density at radius 3 is 2.80 bits per heavy atom. The Kier molecular flexibility index (Phi) is 5.14. The van der Waals surface area contributed by atoms with Crippen molar-refractivity contribution in [2.24, 2.45) is 0 Å². The smallest absolute Gasteiger partial charge is 0.244 e. The summed E-state index contributed by atoms with van der Waals surface area (Å²) in [6.45, 7) is 4.42. The van der Waals surface area contributed by atoms with Crippen LogP contribution >= 0.6 is 0 Å². The number of aromatic amines is 1. The van der Waals surface area contributed by atoms with Gasteiger partial charge in [-0.1, -0.05) is 30.3 Å². The van der Waals surface area contributed by atoms with Crippen molar-refractivity contribution in [2.45, 2.75) is 19.9 Å². The predicted octanol–water partition coefficient (Wildman–Crippen LogP) is 3.85. The van der Waals surface area contributed by atoms with Crippen molar-refractivity contribution in [1.82, 2.24) is 15.3 Å². The molecular weight excluding hydrogens is 314 g/mol. The highest BCUT2D eigenvalue weighted by Crippen LogP contribution is 2.19. The maximum absolute atomic E-state index is 12.2. The highest BCUT2D eigenvalue weighted by molar-refractivity contribution is 5.92. The van der Waals surface area contributed by atoms with E-state index in [0.29, 0.717) is 6.61 Å². The lowest BCUT2D eigenvalue weighted by Crippen LogP contribution is -2.25. The molecule has 128 valence electrons. The van der Waals surface area contributed by atoms with E-state index in [-0.39, 0.29) is 11.9 Å². The van der Waals surface area contributed by atoms with Crippen LogP contribution in [0.3, 0.4) is 0 Å². The number of imidazole rings is 1. The van der Waals surface area contributed by atoms with Gasteiger partial charge in [-0.05, 0) is 38.1 Å². The molecule has 0 spiro atoms. The Labute approximate surface area is 146 Å². The molecule has 5 heteroatoms. The van der Waals surface area contributed by atoms with Gasteiger partial charge >= 0.3 is 0 Å². The lowest BCUT2D eigenvalue weighted by molar-refractivity contribution is -0.117. The van der Waals surface area contributed by atoms with E-state index >= 15 is 0 Å². The van der Waals surface area contributed by atoms with Crippen molar-refractivity contribution in [1.29, 1.82) is 0 Å². The first-order chi connectivity index (χ1) is 12.2. The summed E-state index contributed by atoms with van der Waals surface area (Å²) in [7, 11) is 0. The number of aromatic nitrogens is 2. The molecule has 0 radical (unpaired) electrons. The molecule has 1 aromatic heterocycles. The molecule has 2 N–H and O–H groups in total. The van der Waals surface area contributed by atoms with E-state index in [2.05, 4.69) is 15.3 Å². The minimum atomic E-state index is -0.216. The predicted molar refractivity (Wildman–Crippen MR) is 99.3 cm³/mol. The van der Waals surface area contributed by atoms with Gasteiger partial charge in [0.25, 0.3) is 0 Å². The SMILES string of the molecule is CCOc1ccccc1/C=C/C(=O)NC(C)c1nc2ccccc2[nH]1. The third-order valence-corrected chi connectivity index (χ3v) is 3.81. The van der Waals surface area contributed by atoms with Crippen molar-refractivity contribution in [2.75, 3.05) is 6.61 Å². The molecule has 0 bridgehead atoms. The van der Waals surface area contributed by atoms with Crippen LogP contribution in [0.4, 0.5) is 0 Å². The van der Waals surface area contributed by atoms with Crippen LogP contribution < -0.4 is 10.1 Å². The van der Waals surface area contributed by atoms with Crippen molar-refractivity contribution < 1.29 is 9.53 Å². The second-order valence-electron chi connectivity index (χ2n) is 5.67. The molecular formula is C20H21N3O2. The minimum absolute atomic E-state index is 0.181. The summed E-state index contributed by atoms with van der Waals surface area (Å²) in [5, 5.41) is 2.92. The summed E-state index contributed by atoms with van der Waals surface area (Å²) in [4.78, 5) is 19.9. The summed E-state index contributed by atoms with van der Waals surface area (Å²) in [5.74, 6) is 1.32. The molecule has 0 saturated heterocycles. The van der Waals surface area contributed by atoms with Crippen molar-refractivity contribution in [3.05, 3.63) is 66.0 Å². The number of carbonyl (C=O) groups excluding carboxylic acids is 1. The molecule has 25 heavy (non-hydrogen) atoms. The second-order valence-corrected chi connectivity index (χ2v) is 5.67. The molecule has 0 aliphatic carbocycles. The van der Waals surface area contributed by atoms with Gasteiger partial charge in [-0.2, -0.15) is 0 Å². The van der Waals surface area contributed by atoms with Crippen LogP contribution in [-0.4, -0.2) is 22.5 Å². The van der Waals surface area contributed by atoms with Gasteiger partial charge in [0, 0.05) is 11.6 Å². The number of para-hydroxylation sites is 3. The Morgan fingerprint density at radius 2 is 2.00 bits per heavy atom. The van der Waals surface area contributed by atoms with Gasteiger partial charge in [-0.15, -0.1) is 0 Å². The summed E-state index contributed by atoms with van der Waals surface area (Å²) < 4.78 is 5.56. The number of amides is 1. The zero-order chi connectivity index (χ0) is 17.6. The first kappa shape index (κ1) is 16.8. The minimum Gasteiger partial charge on any atom is -0.493 e. The maximum Gasteiger partial charge on any atom is 0.244 e. The zero-order valence-corrected chi connectivity index (χ0v) is 14.3. The molecule has 1 heterocycles. The molecule has 1 amide bonds. The highest BCUT2D eigenvalue weighted by Gasteiger charge is 2.12. The normalized spacial score (nSPS) is 12.4. The lowest BCUT2D eigenvalue weighted by atomic mass is 10.2. The Morgan fingerprint density at radius 1 is 1.24 bits per heavy atom. The van der Waals surface area contributed by atoms with E-state index in [9.17, 15) is 4.79 Å². The number of nitrogens with one attached hydrogen (secondary N) is 2. The summed E-state index contributed by atoms with van der Waals surface area (Å²) >= 11 is 0. The Bertz CT molecular complexity index is 866. The van der Waals surface area contributed by atoms with Crippen LogP contribution in [0.15, 0.2) is 54.6 Å². The molecule has 3 aromatic rings. The Balaban J connectivity index is 1.67. The fourth-order valence-electron chi connectivity index (χ4n) is 2.58. The molecule has 1 atom stereocenters. The number of nitrogens with zero attached hydrogens (tertiary/aromatic N) is 1. The quantitative estimate of drug-likeness (QED) is 0.672.